The molecule has 0 saturated carbocycles. The van der Waals surface area contributed by atoms with Gasteiger partial charge in [-0.15, -0.1) is 11.3 Å². The van der Waals surface area contributed by atoms with Crippen molar-refractivity contribution in [2.45, 2.75) is 25.4 Å². The molecular formula is C18H17ClF2N4S. The van der Waals surface area contributed by atoms with Crippen molar-refractivity contribution < 1.29 is 8.78 Å². The Morgan fingerprint density at radius 2 is 1.85 bits per heavy atom. The molecule has 3 aromatic rings. The van der Waals surface area contributed by atoms with Crippen LogP contribution in [0, 0.1) is 11.6 Å². The Kier molecular flexibility index (Phi) is 5.02. The molecular weight excluding hydrogens is 378 g/mol. The van der Waals surface area contributed by atoms with Crippen molar-refractivity contribution in [3.05, 3.63) is 52.1 Å². The molecule has 3 heterocycles. The fourth-order valence-corrected chi connectivity index (χ4v) is 4.39. The number of anilines is 1. The van der Waals surface area contributed by atoms with E-state index in [2.05, 4.69) is 20.2 Å². The summed E-state index contributed by atoms with van der Waals surface area (Å²) in [6, 6.07) is 5.87. The van der Waals surface area contributed by atoms with E-state index in [-0.39, 0.29) is 0 Å². The average Bonchev–Trinajstić information content (AvgIpc) is 2.97. The molecule has 1 N–H and O–H groups in total. The predicted molar refractivity (Wildman–Crippen MR) is 101 cm³/mol. The van der Waals surface area contributed by atoms with E-state index in [9.17, 15) is 8.78 Å². The summed E-state index contributed by atoms with van der Waals surface area (Å²) in [5.74, 6) is -0.249. The standard InChI is InChI=1S/C18H17ClF2N4S/c19-16-8-15-17(22-10-23-18(15)26-16)24-14-1-3-25(4-2-14)9-11-5-12(20)7-13(21)6-11/h5-8,10,14H,1-4,9H2,(H,22,23,24). The molecule has 4 rings (SSSR count). The van der Waals surface area contributed by atoms with Gasteiger partial charge < -0.3 is 5.32 Å². The van der Waals surface area contributed by atoms with E-state index in [0.29, 0.717) is 22.5 Å². The Balaban J connectivity index is 1.37. The maximum Gasteiger partial charge on any atom is 0.138 e. The normalized spacial score (nSPS) is 16.3. The number of aromatic nitrogens is 2. The molecule has 0 aliphatic carbocycles. The summed E-state index contributed by atoms with van der Waals surface area (Å²) in [6.45, 7) is 2.27. The molecule has 1 aliphatic rings. The van der Waals surface area contributed by atoms with Crippen LogP contribution in [-0.4, -0.2) is 34.0 Å². The maximum atomic E-state index is 13.3. The topological polar surface area (TPSA) is 41.0 Å². The number of thiophene rings is 1. The number of rotatable bonds is 4. The third-order valence-electron chi connectivity index (χ3n) is 4.56. The van der Waals surface area contributed by atoms with Gasteiger partial charge in [-0.05, 0) is 36.6 Å². The van der Waals surface area contributed by atoms with Gasteiger partial charge in [0.1, 0.15) is 28.6 Å². The van der Waals surface area contributed by atoms with Crippen molar-refractivity contribution in [1.82, 2.24) is 14.9 Å². The molecule has 0 unspecified atom stereocenters. The lowest BCUT2D eigenvalue weighted by Crippen LogP contribution is -2.38. The van der Waals surface area contributed by atoms with Crippen molar-refractivity contribution in [3.8, 4) is 0 Å². The highest BCUT2D eigenvalue weighted by Crippen LogP contribution is 2.32. The Hall–Kier alpha value is -1.83. The van der Waals surface area contributed by atoms with E-state index in [1.165, 1.54) is 23.5 Å². The van der Waals surface area contributed by atoms with E-state index in [4.69, 9.17) is 11.6 Å². The Bertz CT molecular complexity index is 904. The molecule has 1 saturated heterocycles. The van der Waals surface area contributed by atoms with Gasteiger partial charge in [0.2, 0.25) is 0 Å². The van der Waals surface area contributed by atoms with E-state index >= 15 is 0 Å². The first kappa shape index (κ1) is 17.6. The highest BCUT2D eigenvalue weighted by Gasteiger charge is 2.21. The molecule has 0 amide bonds. The van der Waals surface area contributed by atoms with Gasteiger partial charge in [-0.2, -0.15) is 0 Å². The van der Waals surface area contributed by atoms with Crippen LogP contribution in [0.25, 0.3) is 10.2 Å². The fraction of sp³-hybridized carbons (Fsp3) is 0.333. The molecule has 0 atom stereocenters. The summed E-state index contributed by atoms with van der Waals surface area (Å²) in [6.07, 6.45) is 3.41. The zero-order valence-electron chi connectivity index (χ0n) is 13.9. The third-order valence-corrected chi connectivity index (χ3v) is 5.73. The first-order chi connectivity index (χ1) is 12.6. The fourth-order valence-electron chi connectivity index (χ4n) is 3.33. The van der Waals surface area contributed by atoms with Gasteiger partial charge in [-0.25, -0.2) is 18.7 Å². The molecule has 0 spiro atoms. The van der Waals surface area contributed by atoms with E-state index in [0.717, 1.165) is 48.0 Å². The van der Waals surface area contributed by atoms with Gasteiger partial charge in [-0.3, -0.25) is 4.90 Å². The second-order valence-electron chi connectivity index (χ2n) is 6.46. The van der Waals surface area contributed by atoms with Crippen LogP contribution in [0.2, 0.25) is 4.34 Å². The monoisotopic (exact) mass is 394 g/mol. The first-order valence-corrected chi connectivity index (χ1v) is 9.60. The molecule has 0 bridgehead atoms. The minimum Gasteiger partial charge on any atom is -0.367 e. The van der Waals surface area contributed by atoms with Crippen LogP contribution in [0.5, 0.6) is 0 Å². The van der Waals surface area contributed by atoms with Crippen LogP contribution in [0.3, 0.4) is 0 Å². The lowest BCUT2D eigenvalue weighted by molar-refractivity contribution is 0.211. The zero-order valence-corrected chi connectivity index (χ0v) is 15.5. The highest BCUT2D eigenvalue weighted by atomic mass is 35.5. The minimum atomic E-state index is -0.529. The van der Waals surface area contributed by atoms with Gasteiger partial charge in [0.15, 0.2) is 0 Å². The average molecular weight is 395 g/mol. The van der Waals surface area contributed by atoms with Crippen molar-refractivity contribution in [2.75, 3.05) is 18.4 Å². The van der Waals surface area contributed by atoms with Gasteiger partial charge >= 0.3 is 0 Å². The molecule has 1 fully saturated rings. The number of piperidine rings is 1. The SMILES string of the molecule is Fc1cc(F)cc(CN2CCC(Nc3ncnc4sc(Cl)cc34)CC2)c1. The lowest BCUT2D eigenvalue weighted by Gasteiger charge is -2.32. The van der Waals surface area contributed by atoms with Crippen LogP contribution in [0.1, 0.15) is 18.4 Å². The van der Waals surface area contributed by atoms with Gasteiger partial charge in [0.05, 0.1) is 9.72 Å². The number of halogens is 3. The van der Waals surface area contributed by atoms with Crippen molar-refractivity contribution in [3.63, 3.8) is 0 Å². The first-order valence-electron chi connectivity index (χ1n) is 8.41. The van der Waals surface area contributed by atoms with Crippen LogP contribution in [-0.2, 0) is 6.54 Å². The quantitative estimate of drug-likeness (QED) is 0.696. The molecule has 4 nitrogen and oxygen atoms in total. The summed E-state index contributed by atoms with van der Waals surface area (Å²) in [4.78, 5) is 11.7. The van der Waals surface area contributed by atoms with Crippen molar-refractivity contribution in [1.29, 1.82) is 0 Å². The number of likely N-dealkylation sites (tertiary alicyclic amines) is 1. The van der Waals surface area contributed by atoms with Crippen molar-refractivity contribution in [2.24, 2.45) is 0 Å². The zero-order chi connectivity index (χ0) is 18.1. The Labute approximate surface area is 158 Å². The Morgan fingerprint density at radius 3 is 2.58 bits per heavy atom. The molecule has 1 aliphatic heterocycles. The molecule has 136 valence electrons. The number of hydrogen-bond donors (Lipinski definition) is 1. The maximum absolute atomic E-state index is 13.3. The minimum absolute atomic E-state index is 0.298. The second kappa shape index (κ2) is 7.42. The summed E-state index contributed by atoms with van der Waals surface area (Å²) in [5.41, 5.74) is 0.666. The largest absolute Gasteiger partial charge is 0.367 e. The second-order valence-corrected chi connectivity index (χ2v) is 8.13. The molecule has 1 aromatic carbocycles. The Morgan fingerprint density at radius 1 is 1.12 bits per heavy atom. The number of nitrogens with zero attached hydrogens (tertiary/aromatic N) is 3. The number of benzene rings is 1. The van der Waals surface area contributed by atoms with Crippen LogP contribution < -0.4 is 5.32 Å². The summed E-state index contributed by atoms with van der Waals surface area (Å²) in [5, 5.41) is 4.43. The molecule has 0 radical (unpaired) electrons. The molecule has 26 heavy (non-hydrogen) atoms. The van der Waals surface area contributed by atoms with Crippen LogP contribution in [0.15, 0.2) is 30.6 Å². The number of hydrogen-bond acceptors (Lipinski definition) is 5. The van der Waals surface area contributed by atoms with Gasteiger partial charge in [0, 0.05) is 31.7 Å². The van der Waals surface area contributed by atoms with E-state index < -0.39 is 11.6 Å². The number of nitrogens with one attached hydrogen (secondary N) is 1. The van der Waals surface area contributed by atoms with Crippen LogP contribution >= 0.6 is 22.9 Å². The van der Waals surface area contributed by atoms with Gasteiger partial charge in [0.25, 0.3) is 0 Å². The molecule has 8 heteroatoms. The smallest absolute Gasteiger partial charge is 0.138 e. The number of fused-ring (bicyclic) bond motifs is 1. The predicted octanol–water partition coefficient (Wildman–Crippen LogP) is 4.70. The third kappa shape index (κ3) is 3.95. The molecule has 2 aromatic heterocycles. The lowest BCUT2D eigenvalue weighted by atomic mass is 10.0. The summed E-state index contributed by atoms with van der Waals surface area (Å²) >= 11 is 7.52. The van der Waals surface area contributed by atoms with Crippen molar-refractivity contribution >= 4 is 39.0 Å². The van der Waals surface area contributed by atoms with E-state index in [1.807, 2.05) is 6.07 Å². The van der Waals surface area contributed by atoms with E-state index in [1.54, 1.807) is 6.33 Å². The highest BCUT2D eigenvalue weighted by molar-refractivity contribution is 7.22. The van der Waals surface area contributed by atoms with Crippen LogP contribution in [0.4, 0.5) is 14.6 Å². The van der Waals surface area contributed by atoms with Gasteiger partial charge in [-0.1, -0.05) is 11.6 Å². The summed E-state index contributed by atoms with van der Waals surface area (Å²) in [7, 11) is 0. The summed E-state index contributed by atoms with van der Waals surface area (Å²) < 4.78 is 27.3.